The molecule has 0 radical (unpaired) electrons. The topological polar surface area (TPSA) is 60.2 Å². The Balaban J connectivity index is 2.69. The average molecular weight is 250 g/mol. The van der Waals surface area contributed by atoms with Gasteiger partial charge in [0.15, 0.2) is 4.60 Å². The van der Waals surface area contributed by atoms with E-state index in [1.807, 2.05) is 0 Å². The molecule has 13 heavy (non-hydrogen) atoms. The Kier molecular flexibility index (Phi) is 3.83. The summed E-state index contributed by atoms with van der Waals surface area (Å²) in [7, 11) is 3.34. The Labute approximate surface area is 84.8 Å². The molecule has 1 rings (SSSR count). The maximum Gasteiger partial charge on any atom is 0.154 e. The molecule has 0 saturated carbocycles. The molecular formula is C7H12BrN3O2. The van der Waals surface area contributed by atoms with E-state index in [9.17, 15) is 5.11 Å². The molecule has 0 aliphatic rings. The number of aliphatic hydroxyl groups is 1. The van der Waals surface area contributed by atoms with Crippen LogP contribution in [0, 0.1) is 0 Å². The van der Waals surface area contributed by atoms with Crippen molar-refractivity contribution in [1.82, 2.24) is 15.0 Å². The van der Waals surface area contributed by atoms with Crippen LogP contribution in [0.3, 0.4) is 0 Å². The predicted octanol–water partition coefficient (Wildman–Crippen LogP) is 0.647. The molecule has 0 bridgehead atoms. The highest BCUT2D eigenvalue weighted by Crippen LogP contribution is 2.22. The fourth-order valence-corrected chi connectivity index (χ4v) is 1.65. The van der Waals surface area contributed by atoms with Crippen molar-refractivity contribution in [3.8, 4) is 0 Å². The molecule has 6 heteroatoms. The smallest absolute Gasteiger partial charge is 0.154 e. The zero-order chi connectivity index (χ0) is 9.84. The van der Waals surface area contributed by atoms with Crippen LogP contribution in [-0.2, 0) is 11.8 Å². The van der Waals surface area contributed by atoms with E-state index in [4.69, 9.17) is 4.74 Å². The van der Waals surface area contributed by atoms with Crippen LogP contribution >= 0.6 is 15.9 Å². The summed E-state index contributed by atoms with van der Waals surface area (Å²) in [5.41, 5.74) is 0.678. The summed E-state index contributed by atoms with van der Waals surface area (Å²) in [6, 6.07) is 0. The summed E-state index contributed by atoms with van der Waals surface area (Å²) in [6.45, 7) is 0.513. The van der Waals surface area contributed by atoms with Crippen LogP contribution in [0.2, 0.25) is 0 Å². The van der Waals surface area contributed by atoms with Crippen LogP contribution in [0.5, 0.6) is 0 Å². The summed E-state index contributed by atoms with van der Waals surface area (Å²) in [5, 5.41) is 17.2. The minimum atomic E-state index is -0.589. The van der Waals surface area contributed by atoms with E-state index in [1.165, 1.54) is 0 Å². The first-order valence-electron chi connectivity index (χ1n) is 3.89. The lowest BCUT2D eigenvalue weighted by Crippen LogP contribution is -2.08. The van der Waals surface area contributed by atoms with Crippen LogP contribution in [-0.4, -0.2) is 33.8 Å². The molecule has 1 unspecified atom stereocenters. The molecule has 0 amide bonds. The highest BCUT2D eigenvalue weighted by Gasteiger charge is 2.16. The third kappa shape index (κ3) is 2.49. The van der Waals surface area contributed by atoms with Gasteiger partial charge in [0.05, 0.1) is 0 Å². The molecule has 0 spiro atoms. The molecule has 1 atom stereocenters. The summed E-state index contributed by atoms with van der Waals surface area (Å²) >= 11 is 3.21. The number of rotatable bonds is 4. The molecule has 1 aromatic rings. The van der Waals surface area contributed by atoms with Gasteiger partial charge in [-0.1, -0.05) is 5.21 Å². The van der Waals surface area contributed by atoms with Gasteiger partial charge in [-0.25, -0.2) is 4.68 Å². The molecule has 0 aliphatic heterocycles. The SMILES string of the molecule is COCCC(O)c1c(Br)nnn1C. The molecule has 1 aromatic heterocycles. The van der Waals surface area contributed by atoms with Crippen LogP contribution in [0.15, 0.2) is 4.60 Å². The Bertz CT molecular complexity index is 257. The minimum Gasteiger partial charge on any atom is -0.387 e. The van der Waals surface area contributed by atoms with Crippen LogP contribution in [0.1, 0.15) is 18.2 Å². The Morgan fingerprint density at radius 3 is 2.85 bits per heavy atom. The van der Waals surface area contributed by atoms with Gasteiger partial charge in [-0.2, -0.15) is 0 Å². The monoisotopic (exact) mass is 249 g/mol. The molecule has 0 fully saturated rings. The quantitative estimate of drug-likeness (QED) is 0.852. The van der Waals surface area contributed by atoms with E-state index >= 15 is 0 Å². The van der Waals surface area contributed by atoms with Crippen molar-refractivity contribution in [3.05, 3.63) is 10.3 Å². The fraction of sp³-hybridized carbons (Fsp3) is 0.714. The van der Waals surface area contributed by atoms with Gasteiger partial charge in [0.1, 0.15) is 11.8 Å². The Hall–Kier alpha value is -0.460. The van der Waals surface area contributed by atoms with Gasteiger partial charge < -0.3 is 9.84 Å². The first-order valence-corrected chi connectivity index (χ1v) is 4.68. The largest absolute Gasteiger partial charge is 0.387 e. The maximum atomic E-state index is 9.69. The van der Waals surface area contributed by atoms with E-state index < -0.39 is 6.10 Å². The second kappa shape index (κ2) is 4.69. The number of nitrogens with zero attached hydrogens (tertiary/aromatic N) is 3. The zero-order valence-electron chi connectivity index (χ0n) is 7.57. The highest BCUT2D eigenvalue weighted by atomic mass is 79.9. The van der Waals surface area contributed by atoms with Crippen molar-refractivity contribution < 1.29 is 9.84 Å². The van der Waals surface area contributed by atoms with Gasteiger partial charge in [0.25, 0.3) is 0 Å². The van der Waals surface area contributed by atoms with Gasteiger partial charge >= 0.3 is 0 Å². The van der Waals surface area contributed by atoms with Gasteiger partial charge in [-0.05, 0) is 15.9 Å². The number of hydrogen-bond acceptors (Lipinski definition) is 4. The number of methoxy groups -OCH3 is 1. The normalized spacial score (nSPS) is 13.2. The molecule has 1 N–H and O–H groups in total. The second-order valence-electron chi connectivity index (χ2n) is 2.69. The standard InChI is InChI=1S/C7H12BrN3O2/c1-11-6(7(8)9-10-11)5(12)3-4-13-2/h5,12H,3-4H2,1-2H3. The summed E-state index contributed by atoms with van der Waals surface area (Å²) in [4.78, 5) is 0. The number of aromatic nitrogens is 3. The lowest BCUT2D eigenvalue weighted by molar-refractivity contribution is 0.104. The predicted molar refractivity (Wildman–Crippen MR) is 50.2 cm³/mol. The van der Waals surface area contributed by atoms with Crippen molar-refractivity contribution in [2.24, 2.45) is 7.05 Å². The first-order chi connectivity index (χ1) is 6.16. The zero-order valence-corrected chi connectivity index (χ0v) is 9.15. The van der Waals surface area contributed by atoms with Crippen LogP contribution < -0.4 is 0 Å². The van der Waals surface area contributed by atoms with Crippen molar-refractivity contribution in [2.45, 2.75) is 12.5 Å². The number of hydrogen-bond donors (Lipinski definition) is 1. The summed E-state index contributed by atoms with van der Waals surface area (Å²) < 4.78 is 6.99. The first kappa shape index (κ1) is 10.6. The van der Waals surface area contributed by atoms with Gasteiger partial charge in [-0.15, -0.1) is 5.10 Å². The molecule has 0 aliphatic carbocycles. The van der Waals surface area contributed by atoms with Gasteiger partial charge in [0, 0.05) is 27.2 Å². The van der Waals surface area contributed by atoms with E-state index in [0.717, 1.165) is 0 Å². The Morgan fingerprint density at radius 2 is 2.38 bits per heavy atom. The molecule has 74 valence electrons. The fourth-order valence-electron chi connectivity index (χ4n) is 1.06. The van der Waals surface area contributed by atoms with Crippen molar-refractivity contribution in [2.75, 3.05) is 13.7 Å². The van der Waals surface area contributed by atoms with E-state index in [-0.39, 0.29) is 0 Å². The van der Waals surface area contributed by atoms with Crippen LogP contribution in [0.4, 0.5) is 0 Å². The van der Waals surface area contributed by atoms with Gasteiger partial charge in [0.2, 0.25) is 0 Å². The number of aliphatic hydroxyl groups excluding tert-OH is 1. The number of ether oxygens (including phenoxy) is 1. The van der Waals surface area contributed by atoms with E-state index in [2.05, 4.69) is 26.2 Å². The second-order valence-corrected chi connectivity index (χ2v) is 3.44. The third-order valence-electron chi connectivity index (χ3n) is 1.74. The summed E-state index contributed by atoms with van der Waals surface area (Å²) in [5.74, 6) is 0. The lowest BCUT2D eigenvalue weighted by atomic mass is 10.2. The number of aryl methyl sites for hydroxylation is 1. The Morgan fingerprint density at radius 1 is 1.69 bits per heavy atom. The lowest BCUT2D eigenvalue weighted by Gasteiger charge is -2.09. The molecule has 5 nitrogen and oxygen atoms in total. The van der Waals surface area contributed by atoms with Crippen molar-refractivity contribution >= 4 is 15.9 Å². The summed E-state index contributed by atoms with van der Waals surface area (Å²) in [6.07, 6.45) is -0.0506. The minimum absolute atomic E-state index is 0.513. The molecular weight excluding hydrogens is 238 g/mol. The number of halogens is 1. The molecule has 1 heterocycles. The van der Waals surface area contributed by atoms with Crippen molar-refractivity contribution in [3.63, 3.8) is 0 Å². The molecule has 0 saturated heterocycles. The maximum absolute atomic E-state index is 9.69. The third-order valence-corrected chi connectivity index (χ3v) is 2.30. The van der Waals surface area contributed by atoms with Crippen LogP contribution in [0.25, 0.3) is 0 Å². The van der Waals surface area contributed by atoms with E-state index in [1.54, 1.807) is 18.8 Å². The molecule has 0 aromatic carbocycles. The van der Waals surface area contributed by atoms with Gasteiger partial charge in [-0.3, -0.25) is 0 Å². The highest BCUT2D eigenvalue weighted by molar-refractivity contribution is 9.10. The average Bonchev–Trinajstić information content (AvgIpc) is 2.42. The van der Waals surface area contributed by atoms with Crippen molar-refractivity contribution in [1.29, 1.82) is 0 Å². The van der Waals surface area contributed by atoms with E-state index in [0.29, 0.717) is 23.3 Å².